The summed E-state index contributed by atoms with van der Waals surface area (Å²) in [5.41, 5.74) is 3.63. The van der Waals surface area contributed by atoms with E-state index in [1.807, 2.05) is 32.0 Å². The number of hydrogen-bond acceptors (Lipinski definition) is 5. The summed E-state index contributed by atoms with van der Waals surface area (Å²) in [5, 5.41) is 0.567. The maximum absolute atomic E-state index is 14.2. The monoisotopic (exact) mass is 477 g/mol. The van der Waals surface area contributed by atoms with Crippen LogP contribution in [0.1, 0.15) is 23.1 Å². The Balaban J connectivity index is 0.00000289. The standard InChI is InChI=1S/C24H28FN3O2S.ClH/c1-17-7-8-19(18(2)15-17)16-22(29)28(10-4-9-27-11-13-30-14-12-27)24-26-23-20(25)5-3-6-21(23)31-24;/h3,5-8,15H,4,9-14,16H2,1-2H3;1H. The van der Waals surface area contributed by atoms with Gasteiger partial charge in [0.2, 0.25) is 5.91 Å². The molecule has 1 fully saturated rings. The Labute approximate surface area is 198 Å². The largest absolute Gasteiger partial charge is 0.379 e. The molecule has 0 spiro atoms. The van der Waals surface area contributed by atoms with E-state index >= 15 is 0 Å². The first-order valence-electron chi connectivity index (χ1n) is 10.7. The van der Waals surface area contributed by atoms with Gasteiger partial charge >= 0.3 is 0 Å². The molecule has 0 saturated carbocycles. The van der Waals surface area contributed by atoms with Gasteiger partial charge in [0.15, 0.2) is 5.13 Å². The maximum atomic E-state index is 14.2. The molecule has 172 valence electrons. The molecule has 1 aliphatic heterocycles. The zero-order chi connectivity index (χ0) is 21.8. The molecule has 0 aliphatic carbocycles. The molecule has 0 unspecified atom stereocenters. The van der Waals surface area contributed by atoms with Gasteiger partial charge in [-0.3, -0.25) is 14.6 Å². The van der Waals surface area contributed by atoms with E-state index in [2.05, 4.69) is 16.0 Å². The Morgan fingerprint density at radius 1 is 1.22 bits per heavy atom. The summed E-state index contributed by atoms with van der Waals surface area (Å²) < 4.78 is 20.4. The number of carbonyl (C=O) groups excluding carboxylic acids is 1. The summed E-state index contributed by atoms with van der Waals surface area (Å²) >= 11 is 1.37. The minimum absolute atomic E-state index is 0. The van der Waals surface area contributed by atoms with Crippen molar-refractivity contribution in [3.05, 3.63) is 58.9 Å². The summed E-state index contributed by atoms with van der Waals surface area (Å²) in [6, 6.07) is 11.1. The molecule has 1 amide bonds. The fraction of sp³-hybridized carbons (Fsp3) is 0.417. The lowest BCUT2D eigenvalue weighted by Gasteiger charge is -2.27. The van der Waals surface area contributed by atoms with Crippen LogP contribution in [-0.2, 0) is 16.0 Å². The van der Waals surface area contributed by atoms with Crippen LogP contribution in [0.25, 0.3) is 10.2 Å². The average Bonchev–Trinajstić information content (AvgIpc) is 3.19. The van der Waals surface area contributed by atoms with Gasteiger partial charge in [-0.2, -0.15) is 0 Å². The molecule has 1 aliphatic rings. The van der Waals surface area contributed by atoms with E-state index in [-0.39, 0.29) is 24.1 Å². The van der Waals surface area contributed by atoms with E-state index in [0.717, 1.165) is 55.1 Å². The molecule has 0 N–H and O–H groups in total. The number of thiazole rings is 1. The van der Waals surface area contributed by atoms with E-state index in [9.17, 15) is 9.18 Å². The van der Waals surface area contributed by atoms with Crippen LogP contribution in [0.2, 0.25) is 0 Å². The number of aromatic nitrogens is 1. The zero-order valence-corrected chi connectivity index (χ0v) is 20.1. The predicted octanol–water partition coefficient (Wildman–Crippen LogP) is 4.77. The molecule has 0 atom stereocenters. The number of nitrogens with zero attached hydrogens (tertiary/aromatic N) is 3. The second-order valence-corrected chi connectivity index (χ2v) is 9.05. The number of rotatable bonds is 7. The van der Waals surface area contributed by atoms with Crippen molar-refractivity contribution in [2.75, 3.05) is 44.3 Å². The van der Waals surface area contributed by atoms with Crippen molar-refractivity contribution in [1.29, 1.82) is 0 Å². The maximum Gasteiger partial charge on any atom is 0.233 e. The molecule has 1 saturated heterocycles. The molecule has 3 aromatic rings. The van der Waals surface area contributed by atoms with Crippen LogP contribution in [0.15, 0.2) is 36.4 Å². The number of halogens is 2. The SMILES string of the molecule is Cc1ccc(CC(=O)N(CCCN2CCOCC2)c2nc3c(F)cccc3s2)c(C)c1.Cl. The first kappa shape index (κ1) is 24.6. The second kappa shape index (κ2) is 11.2. The summed E-state index contributed by atoms with van der Waals surface area (Å²) in [6.07, 6.45) is 1.14. The number of anilines is 1. The summed E-state index contributed by atoms with van der Waals surface area (Å²) in [7, 11) is 0. The topological polar surface area (TPSA) is 45.7 Å². The summed E-state index contributed by atoms with van der Waals surface area (Å²) in [4.78, 5) is 21.9. The number of aryl methyl sites for hydroxylation is 2. The molecule has 0 radical (unpaired) electrons. The molecule has 2 heterocycles. The Morgan fingerprint density at radius 2 is 2.00 bits per heavy atom. The van der Waals surface area contributed by atoms with Crippen molar-refractivity contribution in [3.8, 4) is 0 Å². The van der Waals surface area contributed by atoms with Crippen LogP contribution in [-0.4, -0.2) is 55.2 Å². The van der Waals surface area contributed by atoms with Crippen molar-refractivity contribution < 1.29 is 13.9 Å². The van der Waals surface area contributed by atoms with Gasteiger partial charge in [-0.05, 0) is 43.5 Å². The third-order valence-electron chi connectivity index (χ3n) is 5.69. The number of ether oxygens (including phenoxy) is 1. The third kappa shape index (κ3) is 5.84. The smallest absolute Gasteiger partial charge is 0.233 e. The van der Waals surface area contributed by atoms with Crippen LogP contribution in [0.5, 0.6) is 0 Å². The number of benzene rings is 2. The minimum Gasteiger partial charge on any atom is -0.379 e. The van der Waals surface area contributed by atoms with Crippen molar-refractivity contribution in [1.82, 2.24) is 9.88 Å². The van der Waals surface area contributed by atoms with E-state index < -0.39 is 0 Å². The molecular formula is C24H29ClFN3O2S. The fourth-order valence-corrected chi connectivity index (χ4v) is 4.95. The number of morpholine rings is 1. The lowest BCUT2D eigenvalue weighted by molar-refractivity contribution is -0.118. The fourth-order valence-electron chi connectivity index (χ4n) is 3.93. The van der Waals surface area contributed by atoms with Crippen molar-refractivity contribution in [2.24, 2.45) is 0 Å². The van der Waals surface area contributed by atoms with Crippen LogP contribution in [0.4, 0.5) is 9.52 Å². The third-order valence-corrected chi connectivity index (χ3v) is 6.73. The van der Waals surface area contributed by atoms with E-state index in [0.29, 0.717) is 23.6 Å². The van der Waals surface area contributed by atoms with Gasteiger partial charge in [0.05, 0.1) is 24.3 Å². The van der Waals surface area contributed by atoms with Crippen LogP contribution >= 0.6 is 23.7 Å². The highest BCUT2D eigenvalue weighted by atomic mass is 35.5. The number of carbonyl (C=O) groups is 1. The first-order valence-corrected chi connectivity index (χ1v) is 11.5. The Kier molecular flexibility index (Phi) is 8.59. The highest BCUT2D eigenvalue weighted by Gasteiger charge is 2.22. The Hall–Kier alpha value is -2.06. The van der Waals surface area contributed by atoms with Crippen molar-refractivity contribution >= 4 is 45.0 Å². The highest BCUT2D eigenvalue weighted by Crippen LogP contribution is 2.31. The van der Waals surface area contributed by atoms with Crippen LogP contribution in [0, 0.1) is 19.7 Å². The van der Waals surface area contributed by atoms with Gasteiger partial charge in [-0.25, -0.2) is 9.37 Å². The van der Waals surface area contributed by atoms with Crippen LogP contribution < -0.4 is 4.90 Å². The second-order valence-electron chi connectivity index (χ2n) is 8.04. The van der Waals surface area contributed by atoms with Gasteiger partial charge < -0.3 is 4.74 Å². The molecule has 0 bridgehead atoms. The number of amides is 1. The van der Waals surface area contributed by atoms with Crippen LogP contribution in [0.3, 0.4) is 0 Å². The molecular weight excluding hydrogens is 449 g/mol. The van der Waals surface area contributed by atoms with Gasteiger partial charge in [-0.15, -0.1) is 12.4 Å². The van der Waals surface area contributed by atoms with E-state index in [4.69, 9.17) is 4.74 Å². The summed E-state index contributed by atoms with van der Waals surface area (Å²) in [6.45, 7) is 8.89. The van der Waals surface area contributed by atoms with Gasteiger partial charge in [-0.1, -0.05) is 41.2 Å². The number of hydrogen-bond donors (Lipinski definition) is 0. The van der Waals surface area contributed by atoms with Gasteiger partial charge in [0.1, 0.15) is 11.3 Å². The molecule has 2 aromatic carbocycles. The normalized spacial score (nSPS) is 14.3. The molecule has 5 nitrogen and oxygen atoms in total. The van der Waals surface area contributed by atoms with Gasteiger partial charge in [0, 0.05) is 26.2 Å². The molecule has 1 aromatic heterocycles. The van der Waals surface area contributed by atoms with E-state index in [1.54, 1.807) is 11.0 Å². The summed E-state index contributed by atoms with van der Waals surface area (Å²) in [5.74, 6) is -0.358. The molecule has 8 heteroatoms. The lowest BCUT2D eigenvalue weighted by atomic mass is 10.0. The Bertz CT molecular complexity index is 1070. The molecule has 32 heavy (non-hydrogen) atoms. The highest BCUT2D eigenvalue weighted by molar-refractivity contribution is 7.22. The predicted molar refractivity (Wildman–Crippen MR) is 131 cm³/mol. The van der Waals surface area contributed by atoms with Crippen molar-refractivity contribution in [3.63, 3.8) is 0 Å². The molecule has 4 rings (SSSR count). The first-order chi connectivity index (χ1) is 15.0. The lowest BCUT2D eigenvalue weighted by Crippen LogP contribution is -2.39. The quantitative estimate of drug-likeness (QED) is 0.491. The number of fused-ring (bicyclic) bond motifs is 1. The van der Waals surface area contributed by atoms with Crippen molar-refractivity contribution in [2.45, 2.75) is 26.7 Å². The van der Waals surface area contributed by atoms with E-state index in [1.165, 1.54) is 23.0 Å². The number of para-hydroxylation sites is 1. The van der Waals surface area contributed by atoms with Gasteiger partial charge in [0.25, 0.3) is 0 Å². The minimum atomic E-state index is -0.352. The average molecular weight is 478 g/mol. The Morgan fingerprint density at radius 3 is 2.72 bits per heavy atom. The zero-order valence-electron chi connectivity index (χ0n) is 18.5.